The number of aromatic amines is 1. The Labute approximate surface area is 232 Å². The third kappa shape index (κ3) is 5.18. The number of hydrogen-bond acceptors (Lipinski definition) is 7. The van der Waals surface area contributed by atoms with Crippen LogP contribution in [0.2, 0.25) is 10.0 Å². The molecule has 1 saturated carbocycles. The van der Waals surface area contributed by atoms with Gasteiger partial charge in [-0.25, -0.2) is 9.78 Å². The topological polar surface area (TPSA) is 137 Å². The molecule has 10 nitrogen and oxygen atoms in total. The molecule has 0 bridgehead atoms. The SMILES string of the molecule is COc1ccc(CNC(=O)Cc2nc(N3C[C@@H]4[C@H](C3)[C@@H]4NC(=O)c3[nH]c(C)c(Cl)c3Cl)sc2C(=O)O)cc1. The smallest absolute Gasteiger partial charge is 0.347 e. The highest BCUT2D eigenvalue weighted by atomic mass is 35.5. The maximum atomic E-state index is 12.6. The van der Waals surface area contributed by atoms with Gasteiger partial charge in [-0.3, -0.25) is 9.59 Å². The number of methoxy groups -OCH3 is 1. The number of aromatic nitrogens is 2. The first-order valence-corrected chi connectivity index (χ1v) is 13.5. The molecule has 1 aliphatic carbocycles. The number of carbonyl (C=O) groups is 3. The molecule has 1 aromatic carbocycles. The van der Waals surface area contributed by atoms with Gasteiger partial charge in [-0.05, 0) is 24.6 Å². The number of aryl methyl sites for hydroxylation is 1. The van der Waals surface area contributed by atoms with Gasteiger partial charge in [0, 0.05) is 43.2 Å². The average Bonchev–Trinajstić information content (AvgIpc) is 3.25. The third-order valence-electron chi connectivity index (χ3n) is 6.90. The first-order chi connectivity index (χ1) is 18.2. The van der Waals surface area contributed by atoms with Crippen molar-refractivity contribution in [3.8, 4) is 5.75 Å². The van der Waals surface area contributed by atoms with Crippen molar-refractivity contribution in [1.29, 1.82) is 0 Å². The van der Waals surface area contributed by atoms with Crippen LogP contribution in [0.4, 0.5) is 5.13 Å². The number of hydrogen-bond donors (Lipinski definition) is 4. The summed E-state index contributed by atoms with van der Waals surface area (Å²) in [6.45, 7) is 3.31. The zero-order chi connectivity index (χ0) is 27.1. The van der Waals surface area contributed by atoms with Gasteiger partial charge in [0.1, 0.15) is 16.3 Å². The van der Waals surface area contributed by atoms with E-state index in [1.807, 2.05) is 17.0 Å². The fourth-order valence-electron chi connectivity index (χ4n) is 4.77. The standard InChI is InChI=1S/C25H25Cl2N5O5S/c1-11-18(26)19(27)21(29-11)23(34)31-20-14-9-32(10-15(14)20)25-30-16(22(38-25)24(35)36)7-17(33)28-8-12-3-5-13(37-2)6-4-12/h3-6,14-15,20,29H,7-10H2,1-2H3,(H,28,33)(H,31,34)(H,35,36)/t14-,15+,20-. The lowest BCUT2D eigenvalue weighted by molar-refractivity contribution is -0.120. The van der Waals surface area contributed by atoms with Gasteiger partial charge in [0.25, 0.3) is 5.91 Å². The maximum absolute atomic E-state index is 12.6. The summed E-state index contributed by atoms with van der Waals surface area (Å²) in [5, 5.41) is 16.6. The largest absolute Gasteiger partial charge is 0.497 e. The van der Waals surface area contributed by atoms with Gasteiger partial charge in [0.05, 0.1) is 29.3 Å². The highest BCUT2D eigenvalue weighted by Gasteiger charge is 2.57. The number of H-pyrrole nitrogens is 1. The molecule has 1 saturated heterocycles. The number of carboxylic acid groups (broad SMARTS) is 1. The number of piperidine rings is 1. The number of carbonyl (C=O) groups excluding carboxylic acids is 2. The lowest BCUT2D eigenvalue weighted by Crippen LogP contribution is -2.35. The van der Waals surface area contributed by atoms with Gasteiger partial charge >= 0.3 is 5.97 Å². The highest BCUT2D eigenvalue weighted by Crippen LogP contribution is 2.48. The zero-order valence-electron chi connectivity index (χ0n) is 20.5. The molecule has 3 atom stereocenters. The van der Waals surface area contributed by atoms with Gasteiger partial charge in [-0.2, -0.15) is 0 Å². The minimum atomic E-state index is -1.11. The minimum absolute atomic E-state index is 0.000641. The second-order valence-electron chi connectivity index (χ2n) is 9.36. The molecule has 2 fully saturated rings. The number of nitrogens with one attached hydrogen (secondary N) is 3. The van der Waals surface area contributed by atoms with E-state index in [1.54, 1.807) is 26.2 Å². The van der Waals surface area contributed by atoms with Gasteiger partial charge < -0.3 is 30.4 Å². The first kappa shape index (κ1) is 26.3. The summed E-state index contributed by atoms with van der Waals surface area (Å²) in [6, 6.07) is 7.30. The Morgan fingerprint density at radius 1 is 1.18 bits per heavy atom. The van der Waals surface area contributed by atoms with Crippen molar-refractivity contribution < 1.29 is 24.2 Å². The Morgan fingerprint density at radius 3 is 2.45 bits per heavy atom. The molecule has 2 aliphatic rings. The van der Waals surface area contributed by atoms with E-state index in [0.717, 1.165) is 22.6 Å². The molecule has 0 unspecified atom stereocenters. The van der Waals surface area contributed by atoms with E-state index in [1.165, 1.54) is 0 Å². The summed E-state index contributed by atoms with van der Waals surface area (Å²) in [5.41, 5.74) is 2.01. The molecule has 0 radical (unpaired) electrons. The van der Waals surface area contributed by atoms with Crippen LogP contribution < -0.4 is 20.3 Å². The molecule has 1 aliphatic heterocycles. The number of rotatable bonds is 9. The average molecular weight is 578 g/mol. The second-order valence-corrected chi connectivity index (χ2v) is 11.1. The van der Waals surface area contributed by atoms with Crippen LogP contribution in [0.3, 0.4) is 0 Å². The molecule has 4 N–H and O–H groups in total. The summed E-state index contributed by atoms with van der Waals surface area (Å²) in [6.07, 6.45) is -0.132. The van der Waals surface area contributed by atoms with E-state index >= 15 is 0 Å². The minimum Gasteiger partial charge on any atom is -0.497 e. The molecule has 38 heavy (non-hydrogen) atoms. The number of nitrogens with zero attached hydrogens (tertiary/aromatic N) is 2. The Bertz CT molecular complexity index is 1390. The first-order valence-electron chi connectivity index (χ1n) is 11.9. The van der Waals surface area contributed by atoms with Crippen LogP contribution in [0.5, 0.6) is 5.75 Å². The van der Waals surface area contributed by atoms with Crippen LogP contribution in [0, 0.1) is 18.8 Å². The number of fused-ring (bicyclic) bond motifs is 1. The van der Waals surface area contributed by atoms with Crippen LogP contribution in [-0.2, 0) is 17.8 Å². The molecule has 13 heteroatoms. The van der Waals surface area contributed by atoms with E-state index in [2.05, 4.69) is 20.6 Å². The number of anilines is 1. The van der Waals surface area contributed by atoms with Crippen LogP contribution in [0.1, 0.15) is 37.1 Å². The number of carboxylic acids is 1. The predicted octanol–water partition coefficient (Wildman–Crippen LogP) is 3.52. The fraction of sp³-hybridized carbons (Fsp3) is 0.360. The Kier molecular flexibility index (Phi) is 7.26. The number of aromatic carboxylic acids is 1. The molecule has 0 spiro atoms. The zero-order valence-corrected chi connectivity index (χ0v) is 22.8. The molecule has 3 heterocycles. The van der Waals surface area contributed by atoms with Crippen molar-refractivity contribution in [2.75, 3.05) is 25.1 Å². The summed E-state index contributed by atoms with van der Waals surface area (Å²) in [7, 11) is 1.58. The lowest BCUT2D eigenvalue weighted by Gasteiger charge is -2.19. The van der Waals surface area contributed by atoms with Crippen LogP contribution >= 0.6 is 34.5 Å². The van der Waals surface area contributed by atoms with Crippen molar-refractivity contribution in [2.24, 2.45) is 11.8 Å². The van der Waals surface area contributed by atoms with Crippen molar-refractivity contribution in [2.45, 2.75) is 25.9 Å². The third-order valence-corrected chi connectivity index (χ3v) is 8.99. The van der Waals surface area contributed by atoms with Gasteiger partial charge in [0.2, 0.25) is 5.91 Å². The summed E-state index contributed by atoms with van der Waals surface area (Å²) >= 11 is 13.3. The Morgan fingerprint density at radius 2 is 1.87 bits per heavy atom. The molecular weight excluding hydrogens is 553 g/mol. The van der Waals surface area contributed by atoms with Crippen molar-refractivity contribution in [3.05, 3.63) is 61.8 Å². The number of amides is 2. The van der Waals surface area contributed by atoms with Crippen molar-refractivity contribution >= 4 is 57.5 Å². The van der Waals surface area contributed by atoms with E-state index < -0.39 is 5.97 Å². The summed E-state index contributed by atoms with van der Waals surface area (Å²) < 4.78 is 5.13. The number of halogens is 2. The van der Waals surface area contributed by atoms with E-state index in [-0.39, 0.29) is 57.4 Å². The maximum Gasteiger partial charge on any atom is 0.347 e. The number of ether oxygens (including phenoxy) is 1. The summed E-state index contributed by atoms with van der Waals surface area (Å²) in [5.74, 6) is -0.570. The van der Waals surface area contributed by atoms with Crippen molar-refractivity contribution in [3.63, 3.8) is 0 Å². The number of thiazole rings is 1. The normalized spacial score (nSPS) is 19.7. The molecule has 2 aromatic heterocycles. The summed E-state index contributed by atoms with van der Waals surface area (Å²) in [4.78, 5) is 46.5. The predicted molar refractivity (Wildman–Crippen MR) is 144 cm³/mol. The molecule has 2 amide bonds. The second kappa shape index (κ2) is 10.5. The monoisotopic (exact) mass is 577 g/mol. The van der Waals surface area contributed by atoms with Gasteiger partial charge in [-0.1, -0.05) is 46.7 Å². The Hall–Kier alpha value is -3.28. The van der Waals surface area contributed by atoms with Crippen LogP contribution in [-0.4, -0.2) is 59.1 Å². The molecular formula is C25H25Cl2N5O5S. The molecule has 3 aromatic rings. The number of benzene rings is 1. The van der Waals surface area contributed by atoms with E-state index in [0.29, 0.717) is 35.5 Å². The van der Waals surface area contributed by atoms with Gasteiger partial charge in [0.15, 0.2) is 5.13 Å². The fourth-order valence-corrected chi connectivity index (χ4v) is 6.12. The quantitative estimate of drug-likeness (QED) is 0.305. The van der Waals surface area contributed by atoms with Crippen molar-refractivity contribution in [1.82, 2.24) is 20.6 Å². The van der Waals surface area contributed by atoms with Crippen LogP contribution in [0.25, 0.3) is 0 Å². The van der Waals surface area contributed by atoms with Crippen LogP contribution in [0.15, 0.2) is 24.3 Å². The van der Waals surface area contributed by atoms with E-state index in [9.17, 15) is 19.5 Å². The molecule has 5 rings (SSSR count). The van der Waals surface area contributed by atoms with E-state index in [4.69, 9.17) is 27.9 Å². The highest BCUT2D eigenvalue weighted by molar-refractivity contribution is 7.17. The van der Waals surface area contributed by atoms with Gasteiger partial charge in [-0.15, -0.1) is 0 Å². The molecule has 200 valence electrons. The lowest BCUT2D eigenvalue weighted by atomic mass is 10.2. The Balaban J connectivity index is 1.17.